The van der Waals surface area contributed by atoms with E-state index in [4.69, 9.17) is 5.73 Å². The van der Waals surface area contributed by atoms with Crippen molar-refractivity contribution in [1.29, 1.82) is 0 Å². The van der Waals surface area contributed by atoms with Crippen LogP contribution in [-0.4, -0.2) is 15.5 Å². The maximum Gasteiger partial charge on any atom is 0.269 e. The number of imidazole rings is 1. The van der Waals surface area contributed by atoms with E-state index in [9.17, 15) is 4.79 Å². The summed E-state index contributed by atoms with van der Waals surface area (Å²) in [5, 5.41) is 2.81. The van der Waals surface area contributed by atoms with Gasteiger partial charge in [-0.3, -0.25) is 4.79 Å². The number of rotatable bonds is 3. The lowest BCUT2D eigenvalue weighted by Crippen LogP contribution is -2.24. The molecule has 1 aromatic heterocycles. The van der Waals surface area contributed by atoms with Gasteiger partial charge in [0.05, 0.1) is 12.5 Å². The third kappa shape index (κ3) is 2.63. The van der Waals surface area contributed by atoms with Gasteiger partial charge in [0.25, 0.3) is 5.91 Å². The zero-order valence-electron chi connectivity index (χ0n) is 9.55. The summed E-state index contributed by atoms with van der Waals surface area (Å²) in [5.74, 6) is -0.146. The second-order valence-electron chi connectivity index (χ2n) is 3.82. The van der Waals surface area contributed by atoms with Gasteiger partial charge in [0.1, 0.15) is 5.69 Å². The maximum atomic E-state index is 11.8. The van der Waals surface area contributed by atoms with E-state index >= 15 is 0 Å². The summed E-state index contributed by atoms with van der Waals surface area (Å²) in [7, 11) is 1.78. The number of benzene rings is 1. The molecular formula is C12H14N4O. The highest BCUT2D eigenvalue weighted by Crippen LogP contribution is 2.06. The van der Waals surface area contributed by atoms with Gasteiger partial charge >= 0.3 is 0 Å². The fourth-order valence-corrected chi connectivity index (χ4v) is 1.55. The first-order chi connectivity index (χ1) is 8.16. The van der Waals surface area contributed by atoms with Gasteiger partial charge in [-0.25, -0.2) is 4.98 Å². The molecule has 0 fully saturated rings. The lowest BCUT2D eigenvalue weighted by molar-refractivity contribution is 0.0942. The molecule has 17 heavy (non-hydrogen) atoms. The van der Waals surface area contributed by atoms with Crippen molar-refractivity contribution in [2.24, 2.45) is 7.05 Å². The highest BCUT2D eigenvalue weighted by molar-refractivity contribution is 5.92. The lowest BCUT2D eigenvalue weighted by Gasteiger charge is -2.06. The van der Waals surface area contributed by atoms with Crippen LogP contribution in [0.4, 0.5) is 5.69 Å². The van der Waals surface area contributed by atoms with Crippen LogP contribution in [0.5, 0.6) is 0 Å². The molecule has 0 saturated heterocycles. The van der Waals surface area contributed by atoms with Crippen LogP contribution in [-0.2, 0) is 13.6 Å². The predicted octanol–water partition coefficient (Wildman–Crippen LogP) is 0.932. The number of hydrogen-bond donors (Lipinski definition) is 2. The van der Waals surface area contributed by atoms with Gasteiger partial charge in [0, 0.05) is 19.3 Å². The van der Waals surface area contributed by atoms with Crippen LogP contribution < -0.4 is 11.1 Å². The Labute approximate surface area is 99.3 Å². The summed E-state index contributed by atoms with van der Waals surface area (Å²) in [6.07, 6.45) is 3.13. The summed E-state index contributed by atoms with van der Waals surface area (Å²) < 4.78 is 1.68. The van der Waals surface area contributed by atoms with Crippen molar-refractivity contribution in [3.8, 4) is 0 Å². The number of nitrogens with one attached hydrogen (secondary N) is 1. The van der Waals surface area contributed by atoms with E-state index in [1.54, 1.807) is 17.9 Å². The number of amides is 1. The number of aryl methyl sites for hydroxylation is 1. The lowest BCUT2D eigenvalue weighted by atomic mass is 10.2. The maximum absolute atomic E-state index is 11.8. The third-order valence-electron chi connectivity index (χ3n) is 2.45. The molecule has 1 amide bonds. The largest absolute Gasteiger partial charge is 0.399 e. The summed E-state index contributed by atoms with van der Waals surface area (Å²) >= 11 is 0. The van der Waals surface area contributed by atoms with Gasteiger partial charge in [0.15, 0.2) is 0 Å². The second-order valence-corrected chi connectivity index (χ2v) is 3.82. The van der Waals surface area contributed by atoms with Crippen LogP contribution in [0.25, 0.3) is 0 Å². The zero-order chi connectivity index (χ0) is 12.3. The molecule has 88 valence electrons. The number of aromatic nitrogens is 2. The molecule has 0 aliphatic carbocycles. The molecule has 0 bridgehead atoms. The van der Waals surface area contributed by atoms with Crippen LogP contribution in [0.3, 0.4) is 0 Å². The van der Waals surface area contributed by atoms with Gasteiger partial charge in [-0.2, -0.15) is 0 Å². The fraction of sp³-hybridized carbons (Fsp3) is 0.167. The van der Waals surface area contributed by atoms with E-state index in [-0.39, 0.29) is 5.91 Å². The normalized spacial score (nSPS) is 10.2. The third-order valence-corrected chi connectivity index (χ3v) is 2.45. The second kappa shape index (κ2) is 4.69. The Hall–Kier alpha value is -2.30. The SMILES string of the molecule is Cn1cncc1C(=O)NCc1cccc(N)c1. The van der Waals surface area contributed by atoms with Crippen LogP contribution >= 0.6 is 0 Å². The quantitative estimate of drug-likeness (QED) is 0.770. The highest BCUT2D eigenvalue weighted by atomic mass is 16.1. The van der Waals surface area contributed by atoms with Crippen molar-refractivity contribution in [2.75, 3.05) is 5.73 Å². The standard InChI is InChI=1S/C12H14N4O/c1-16-8-14-7-11(16)12(17)15-6-9-3-2-4-10(13)5-9/h2-5,7-8H,6,13H2,1H3,(H,15,17). The first kappa shape index (κ1) is 11.2. The summed E-state index contributed by atoms with van der Waals surface area (Å²) in [5.41, 5.74) is 7.86. The molecule has 0 aliphatic heterocycles. The zero-order valence-corrected chi connectivity index (χ0v) is 9.55. The summed E-state index contributed by atoms with van der Waals surface area (Å²) in [4.78, 5) is 15.7. The van der Waals surface area contributed by atoms with Crippen molar-refractivity contribution < 1.29 is 4.79 Å². The molecule has 0 radical (unpaired) electrons. The number of nitrogen functional groups attached to an aromatic ring is 1. The Bertz CT molecular complexity index is 533. The van der Waals surface area contributed by atoms with E-state index in [2.05, 4.69) is 10.3 Å². The van der Waals surface area contributed by atoms with Crippen molar-refractivity contribution >= 4 is 11.6 Å². The molecule has 1 heterocycles. The van der Waals surface area contributed by atoms with E-state index in [0.717, 1.165) is 5.56 Å². The minimum absolute atomic E-state index is 0.146. The Morgan fingerprint density at radius 1 is 1.53 bits per heavy atom. The molecular weight excluding hydrogens is 216 g/mol. The first-order valence-electron chi connectivity index (χ1n) is 5.26. The molecule has 0 spiro atoms. The predicted molar refractivity (Wildman–Crippen MR) is 65.2 cm³/mol. The van der Waals surface area contributed by atoms with Crippen LogP contribution in [0.2, 0.25) is 0 Å². The molecule has 0 unspecified atom stereocenters. The summed E-state index contributed by atoms with van der Waals surface area (Å²) in [6, 6.07) is 7.43. The minimum atomic E-state index is -0.146. The van der Waals surface area contributed by atoms with E-state index in [1.165, 1.54) is 6.20 Å². The molecule has 0 atom stereocenters. The Morgan fingerprint density at radius 2 is 2.35 bits per heavy atom. The number of nitrogens with zero attached hydrogens (tertiary/aromatic N) is 2. The smallest absolute Gasteiger partial charge is 0.269 e. The average Bonchev–Trinajstić information content (AvgIpc) is 2.72. The van der Waals surface area contributed by atoms with E-state index in [1.807, 2.05) is 24.3 Å². The van der Waals surface area contributed by atoms with Crippen LogP contribution in [0.15, 0.2) is 36.8 Å². The van der Waals surface area contributed by atoms with Crippen LogP contribution in [0.1, 0.15) is 16.1 Å². The van der Waals surface area contributed by atoms with Gasteiger partial charge < -0.3 is 15.6 Å². The van der Waals surface area contributed by atoms with Crippen molar-refractivity contribution in [3.63, 3.8) is 0 Å². The fourth-order valence-electron chi connectivity index (χ4n) is 1.55. The highest BCUT2D eigenvalue weighted by Gasteiger charge is 2.08. The molecule has 2 rings (SSSR count). The van der Waals surface area contributed by atoms with E-state index < -0.39 is 0 Å². The molecule has 5 nitrogen and oxygen atoms in total. The minimum Gasteiger partial charge on any atom is -0.399 e. The number of hydrogen-bond acceptors (Lipinski definition) is 3. The van der Waals surface area contributed by atoms with Gasteiger partial charge in [-0.05, 0) is 17.7 Å². The van der Waals surface area contributed by atoms with E-state index in [0.29, 0.717) is 17.9 Å². The molecule has 5 heteroatoms. The van der Waals surface area contributed by atoms with Crippen molar-refractivity contribution in [3.05, 3.63) is 48.0 Å². The van der Waals surface area contributed by atoms with Crippen LogP contribution in [0, 0.1) is 0 Å². The van der Waals surface area contributed by atoms with Crippen molar-refractivity contribution in [2.45, 2.75) is 6.54 Å². The Balaban J connectivity index is 1.99. The molecule has 2 aromatic rings. The number of carbonyl (C=O) groups is 1. The Kier molecular flexibility index (Phi) is 3.09. The molecule has 0 aliphatic rings. The van der Waals surface area contributed by atoms with Gasteiger partial charge in [0.2, 0.25) is 0 Å². The van der Waals surface area contributed by atoms with Gasteiger partial charge in [-0.1, -0.05) is 12.1 Å². The number of nitrogens with two attached hydrogens (primary N) is 1. The topological polar surface area (TPSA) is 72.9 Å². The van der Waals surface area contributed by atoms with Crippen molar-refractivity contribution in [1.82, 2.24) is 14.9 Å². The average molecular weight is 230 g/mol. The number of carbonyl (C=O) groups excluding carboxylic acids is 1. The molecule has 3 N–H and O–H groups in total. The number of anilines is 1. The monoisotopic (exact) mass is 230 g/mol. The molecule has 0 saturated carbocycles. The molecule has 1 aromatic carbocycles. The Morgan fingerprint density at radius 3 is 3.00 bits per heavy atom. The summed E-state index contributed by atoms with van der Waals surface area (Å²) in [6.45, 7) is 0.453. The van der Waals surface area contributed by atoms with Gasteiger partial charge in [-0.15, -0.1) is 0 Å². The first-order valence-corrected chi connectivity index (χ1v) is 5.26.